The van der Waals surface area contributed by atoms with Gasteiger partial charge in [0.05, 0.1) is 25.2 Å². The average molecular weight is 322 g/mol. The molecular formula is C12H14BrClO3. The van der Waals surface area contributed by atoms with Crippen LogP contribution in [0.5, 0.6) is 5.75 Å². The summed E-state index contributed by atoms with van der Waals surface area (Å²) in [6, 6.07) is 3.57. The van der Waals surface area contributed by atoms with Gasteiger partial charge in [-0.2, -0.15) is 0 Å². The molecule has 3 nitrogen and oxygen atoms in total. The van der Waals surface area contributed by atoms with Gasteiger partial charge in [-0.1, -0.05) is 27.5 Å². The topological polar surface area (TPSA) is 35.5 Å². The molecule has 0 atom stereocenters. The van der Waals surface area contributed by atoms with Crippen LogP contribution in [-0.2, 0) is 21.3 Å². The van der Waals surface area contributed by atoms with Crippen molar-refractivity contribution in [2.75, 3.05) is 13.7 Å². The minimum absolute atomic E-state index is 0.221. The first-order valence-electron chi connectivity index (χ1n) is 5.19. The van der Waals surface area contributed by atoms with Gasteiger partial charge in [0.1, 0.15) is 5.75 Å². The van der Waals surface area contributed by atoms with Gasteiger partial charge in [0.15, 0.2) is 0 Å². The number of carbonyl (C=O) groups excluding carboxylic acids is 1. The van der Waals surface area contributed by atoms with Gasteiger partial charge in [-0.05, 0) is 30.2 Å². The Morgan fingerprint density at radius 1 is 1.41 bits per heavy atom. The van der Waals surface area contributed by atoms with E-state index >= 15 is 0 Å². The monoisotopic (exact) mass is 320 g/mol. The van der Waals surface area contributed by atoms with Gasteiger partial charge >= 0.3 is 5.97 Å². The first-order chi connectivity index (χ1) is 8.12. The molecule has 17 heavy (non-hydrogen) atoms. The molecule has 5 heteroatoms. The molecule has 0 fully saturated rings. The second kappa shape index (κ2) is 6.87. The third kappa shape index (κ3) is 3.89. The van der Waals surface area contributed by atoms with E-state index in [-0.39, 0.29) is 12.4 Å². The van der Waals surface area contributed by atoms with E-state index in [1.807, 2.05) is 6.07 Å². The number of hydrogen-bond donors (Lipinski definition) is 0. The van der Waals surface area contributed by atoms with Crippen LogP contribution in [0.4, 0.5) is 0 Å². The van der Waals surface area contributed by atoms with Crippen LogP contribution in [0.3, 0.4) is 0 Å². The lowest BCUT2D eigenvalue weighted by Gasteiger charge is -2.11. The Bertz CT molecular complexity index is 407. The largest absolute Gasteiger partial charge is 0.495 e. The summed E-state index contributed by atoms with van der Waals surface area (Å²) < 4.78 is 10.0. The number of methoxy groups -OCH3 is 1. The van der Waals surface area contributed by atoms with Gasteiger partial charge in [0.2, 0.25) is 0 Å². The minimum atomic E-state index is -0.254. The molecule has 0 bridgehead atoms. The highest BCUT2D eigenvalue weighted by atomic mass is 79.9. The predicted molar refractivity (Wildman–Crippen MR) is 71.0 cm³/mol. The zero-order chi connectivity index (χ0) is 12.8. The molecule has 0 saturated carbocycles. The molecule has 0 aliphatic carbocycles. The molecule has 0 unspecified atom stereocenters. The fourth-order valence-corrected chi connectivity index (χ4v) is 2.23. The Labute approximate surface area is 114 Å². The zero-order valence-corrected chi connectivity index (χ0v) is 12.1. The van der Waals surface area contributed by atoms with Crippen molar-refractivity contribution in [2.45, 2.75) is 18.7 Å². The van der Waals surface area contributed by atoms with E-state index < -0.39 is 0 Å². The van der Waals surface area contributed by atoms with Crippen LogP contribution in [0, 0.1) is 0 Å². The number of benzene rings is 1. The van der Waals surface area contributed by atoms with Crippen molar-refractivity contribution in [3.63, 3.8) is 0 Å². The summed E-state index contributed by atoms with van der Waals surface area (Å²) in [5.74, 6) is 0.352. The Hall–Kier alpha value is -0.740. The van der Waals surface area contributed by atoms with Gasteiger partial charge in [-0.15, -0.1) is 0 Å². The first kappa shape index (κ1) is 14.3. The van der Waals surface area contributed by atoms with Crippen molar-refractivity contribution >= 4 is 33.5 Å². The van der Waals surface area contributed by atoms with Crippen molar-refractivity contribution in [1.82, 2.24) is 0 Å². The fourth-order valence-electron chi connectivity index (χ4n) is 1.45. The molecule has 0 spiro atoms. The summed E-state index contributed by atoms with van der Waals surface area (Å²) in [6.07, 6.45) is 0.221. The van der Waals surface area contributed by atoms with Gasteiger partial charge in [-0.3, -0.25) is 4.79 Å². The molecule has 0 radical (unpaired) electrons. The number of alkyl halides is 1. The SMILES string of the molecule is CCOC(=O)Cc1cc(Cl)c(OC)cc1CBr. The van der Waals surface area contributed by atoms with Crippen LogP contribution >= 0.6 is 27.5 Å². The Kier molecular flexibility index (Phi) is 5.78. The highest BCUT2D eigenvalue weighted by molar-refractivity contribution is 9.08. The average Bonchev–Trinajstić information content (AvgIpc) is 2.29. The molecule has 1 aromatic carbocycles. The smallest absolute Gasteiger partial charge is 0.310 e. The zero-order valence-electron chi connectivity index (χ0n) is 9.76. The molecule has 0 N–H and O–H groups in total. The molecule has 1 aromatic rings. The van der Waals surface area contributed by atoms with Crippen molar-refractivity contribution < 1.29 is 14.3 Å². The number of ether oxygens (including phenoxy) is 2. The van der Waals surface area contributed by atoms with E-state index in [0.717, 1.165) is 11.1 Å². The number of rotatable bonds is 5. The second-order valence-electron chi connectivity index (χ2n) is 3.37. The van der Waals surface area contributed by atoms with E-state index in [0.29, 0.717) is 22.7 Å². The lowest BCUT2D eigenvalue weighted by molar-refractivity contribution is -0.142. The summed E-state index contributed by atoms with van der Waals surface area (Å²) in [7, 11) is 1.56. The van der Waals surface area contributed by atoms with Crippen LogP contribution in [0.1, 0.15) is 18.1 Å². The van der Waals surface area contributed by atoms with Crippen LogP contribution in [0.25, 0.3) is 0 Å². The number of hydrogen-bond acceptors (Lipinski definition) is 3. The third-order valence-electron chi connectivity index (χ3n) is 2.26. The van der Waals surface area contributed by atoms with E-state index in [2.05, 4.69) is 15.9 Å². The lowest BCUT2D eigenvalue weighted by atomic mass is 10.1. The minimum Gasteiger partial charge on any atom is -0.495 e. The van der Waals surface area contributed by atoms with Crippen molar-refractivity contribution in [1.29, 1.82) is 0 Å². The second-order valence-corrected chi connectivity index (χ2v) is 4.34. The summed E-state index contributed by atoms with van der Waals surface area (Å²) >= 11 is 9.40. The van der Waals surface area contributed by atoms with Crippen LogP contribution in [-0.4, -0.2) is 19.7 Å². The molecule has 0 aliphatic heterocycles. The highest BCUT2D eigenvalue weighted by Gasteiger charge is 2.12. The van der Waals surface area contributed by atoms with Crippen LogP contribution < -0.4 is 4.74 Å². The summed E-state index contributed by atoms with van der Waals surface area (Å²) in [4.78, 5) is 11.4. The molecule has 0 saturated heterocycles. The summed E-state index contributed by atoms with van der Waals surface area (Å²) in [6.45, 7) is 2.16. The Morgan fingerprint density at radius 3 is 2.65 bits per heavy atom. The van der Waals surface area contributed by atoms with Crippen molar-refractivity contribution in [3.05, 3.63) is 28.3 Å². The van der Waals surface area contributed by atoms with Gasteiger partial charge in [0, 0.05) is 5.33 Å². The van der Waals surface area contributed by atoms with E-state index in [9.17, 15) is 4.79 Å². The normalized spacial score (nSPS) is 10.1. The van der Waals surface area contributed by atoms with E-state index in [4.69, 9.17) is 21.1 Å². The molecule has 0 heterocycles. The van der Waals surface area contributed by atoms with E-state index in [1.54, 1.807) is 20.1 Å². The Morgan fingerprint density at radius 2 is 2.12 bits per heavy atom. The summed E-state index contributed by atoms with van der Waals surface area (Å²) in [5, 5.41) is 1.13. The van der Waals surface area contributed by atoms with E-state index in [1.165, 1.54) is 0 Å². The van der Waals surface area contributed by atoms with Gasteiger partial charge in [-0.25, -0.2) is 0 Å². The fraction of sp³-hybridized carbons (Fsp3) is 0.417. The third-order valence-corrected chi connectivity index (χ3v) is 3.16. The lowest BCUT2D eigenvalue weighted by Crippen LogP contribution is -2.09. The van der Waals surface area contributed by atoms with Gasteiger partial charge in [0.25, 0.3) is 0 Å². The number of carbonyl (C=O) groups is 1. The maximum absolute atomic E-state index is 11.4. The maximum Gasteiger partial charge on any atom is 0.310 e. The standard InChI is InChI=1S/C12H14BrClO3/c1-3-17-12(15)6-8-4-10(14)11(16-2)5-9(8)7-13/h4-5H,3,6-7H2,1-2H3. The Balaban J connectivity index is 2.98. The number of halogens is 2. The molecular weight excluding hydrogens is 307 g/mol. The predicted octanol–water partition coefficient (Wildman–Crippen LogP) is 3.35. The van der Waals surface area contributed by atoms with Crippen molar-refractivity contribution in [3.8, 4) is 5.75 Å². The molecule has 0 aliphatic rings. The maximum atomic E-state index is 11.4. The first-order valence-corrected chi connectivity index (χ1v) is 6.69. The molecule has 0 aromatic heterocycles. The quantitative estimate of drug-likeness (QED) is 0.616. The molecule has 1 rings (SSSR count). The van der Waals surface area contributed by atoms with Crippen molar-refractivity contribution in [2.24, 2.45) is 0 Å². The number of esters is 1. The van der Waals surface area contributed by atoms with Crippen LogP contribution in [0.2, 0.25) is 5.02 Å². The van der Waals surface area contributed by atoms with Gasteiger partial charge < -0.3 is 9.47 Å². The molecule has 94 valence electrons. The molecule has 0 amide bonds. The van der Waals surface area contributed by atoms with Crippen LogP contribution in [0.15, 0.2) is 12.1 Å². The highest BCUT2D eigenvalue weighted by Crippen LogP contribution is 2.29. The summed E-state index contributed by atoms with van der Waals surface area (Å²) in [5.41, 5.74) is 1.82.